The fourth-order valence-corrected chi connectivity index (χ4v) is 1.15. The molecule has 0 spiro atoms. The topological polar surface area (TPSA) is 66.6 Å². The molecule has 0 saturated heterocycles. The van der Waals surface area contributed by atoms with E-state index in [1.165, 1.54) is 0 Å². The zero-order chi connectivity index (χ0) is 11.8. The van der Waals surface area contributed by atoms with Crippen LogP contribution in [-0.2, 0) is 4.74 Å². The zero-order valence-corrected chi connectivity index (χ0v) is 9.73. The van der Waals surface area contributed by atoms with Crippen LogP contribution in [0.25, 0.3) is 0 Å². The first kappa shape index (κ1) is 12.6. The maximum Gasteiger partial charge on any atom is 0.240 e. The molecule has 0 aliphatic carbocycles. The number of rotatable bonds is 7. The molecular formula is C11H18N2O3. The molecule has 5 heteroatoms. The maximum absolute atomic E-state index is 5.69. The van der Waals surface area contributed by atoms with E-state index in [1.807, 2.05) is 6.92 Å². The van der Waals surface area contributed by atoms with E-state index in [-0.39, 0.29) is 0 Å². The van der Waals surface area contributed by atoms with Crippen molar-refractivity contribution in [2.24, 2.45) is 0 Å². The van der Waals surface area contributed by atoms with Crippen molar-refractivity contribution in [2.75, 3.05) is 32.7 Å². The quantitative estimate of drug-likeness (QED) is 0.713. The molecule has 90 valence electrons. The number of nitrogens with zero attached hydrogens (tertiary/aromatic N) is 1. The van der Waals surface area contributed by atoms with E-state index in [9.17, 15) is 0 Å². The number of aromatic nitrogens is 1. The number of nitrogens with two attached hydrogens (primary N) is 1. The summed E-state index contributed by atoms with van der Waals surface area (Å²) >= 11 is 0. The molecule has 1 aromatic heterocycles. The maximum atomic E-state index is 5.69. The van der Waals surface area contributed by atoms with Gasteiger partial charge in [-0.15, -0.1) is 0 Å². The molecule has 0 saturated carbocycles. The van der Waals surface area contributed by atoms with E-state index in [4.69, 9.17) is 19.9 Å². The van der Waals surface area contributed by atoms with Crippen molar-refractivity contribution in [2.45, 2.75) is 13.3 Å². The highest BCUT2D eigenvalue weighted by Crippen LogP contribution is 2.21. The van der Waals surface area contributed by atoms with Gasteiger partial charge in [0.15, 0.2) is 0 Å². The van der Waals surface area contributed by atoms with E-state index >= 15 is 0 Å². The van der Waals surface area contributed by atoms with Crippen molar-refractivity contribution in [3.63, 3.8) is 0 Å². The van der Waals surface area contributed by atoms with Gasteiger partial charge in [-0.05, 0) is 13.0 Å². The Bertz CT molecular complexity index is 318. The minimum atomic E-state index is 0.423. The molecule has 0 bridgehead atoms. The van der Waals surface area contributed by atoms with Crippen LogP contribution in [0.4, 0.5) is 5.69 Å². The highest BCUT2D eigenvalue weighted by Gasteiger charge is 2.04. The van der Waals surface area contributed by atoms with Crippen molar-refractivity contribution in [1.82, 2.24) is 4.98 Å². The van der Waals surface area contributed by atoms with Gasteiger partial charge in [0.05, 0.1) is 18.9 Å². The molecule has 5 nitrogen and oxygen atoms in total. The highest BCUT2D eigenvalue weighted by molar-refractivity contribution is 5.49. The number of methoxy groups -OCH3 is 1. The molecule has 0 fully saturated rings. The molecule has 1 heterocycles. The van der Waals surface area contributed by atoms with Gasteiger partial charge in [-0.25, -0.2) is 0 Å². The summed E-state index contributed by atoms with van der Waals surface area (Å²) in [7, 11) is 1.66. The van der Waals surface area contributed by atoms with Crippen molar-refractivity contribution < 1.29 is 14.2 Å². The van der Waals surface area contributed by atoms with Crippen LogP contribution < -0.4 is 15.2 Å². The lowest BCUT2D eigenvalue weighted by Crippen LogP contribution is -2.05. The number of ether oxygens (including phenoxy) is 3. The lowest BCUT2D eigenvalue weighted by molar-refractivity contribution is 0.170. The third-order valence-electron chi connectivity index (χ3n) is 1.89. The minimum Gasteiger partial charge on any atom is -0.477 e. The van der Waals surface area contributed by atoms with Gasteiger partial charge in [0.25, 0.3) is 0 Å². The molecule has 1 aromatic rings. The number of anilines is 1. The number of nitrogen functional groups attached to an aromatic ring is 1. The predicted octanol–water partition coefficient (Wildman–Crippen LogP) is 1.48. The molecule has 0 radical (unpaired) electrons. The van der Waals surface area contributed by atoms with Gasteiger partial charge in [0.2, 0.25) is 11.8 Å². The minimum absolute atomic E-state index is 0.423. The molecule has 0 atom stereocenters. The van der Waals surface area contributed by atoms with Gasteiger partial charge in [0.1, 0.15) is 0 Å². The first-order valence-electron chi connectivity index (χ1n) is 5.29. The van der Waals surface area contributed by atoms with Gasteiger partial charge in [-0.2, -0.15) is 4.98 Å². The molecule has 0 aliphatic rings. The van der Waals surface area contributed by atoms with Crippen molar-refractivity contribution >= 4 is 5.69 Å². The van der Waals surface area contributed by atoms with Crippen LogP contribution in [-0.4, -0.2) is 31.9 Å². The average Bonchev–Trinajstić information content (AvgIpc) is 2.29. The summed E-state index contributed by atoms with van der Waals surface area (Å²) in [6, 6.07) is 3.45. The predicted molar refractivity (Wildman–Crippen MR) is 61.8 cm³/mol. The lowest BCUT2D eigenvalue weighted by atomic mass is 10.4. The van der Waals surface area contributed by atoms with Crippen molar-refractivity contribution in [1.29, 1.82) is 0 Å². The van der Waals surface area contributed by atoms with E-state index in [0.717, 1.165) is 6.42 Å². The van der Waals surface area contributed by atoms with Crippen LogP contribution in [0.5, 0.6) is 11.8 Å². The first-order chi connectivity index (χ1) is 7.77. The van der Waals surface area contributed by atoms with Crippen LogP contribution >= 0.6 is 0 Å². The van der Waals surface area contributed by atoms with Gasteiger partial charge in [0, 0.05) is 26.2 Å². The molecule has 16 heavy (non-hydrogen) atoms. The molecule has 0 unspecified atom stereocenters. The van der Waals surface area contributed by atoms with Gasteiger partial charge < -0.3 is 19.9 Å². The Kier molecular flexibility index (Phi) is 5.42. The summed E-state index contributed by atoms with van der Waals surface area (Å²) in [4.78, 5) is 4.15. The summed E-state index contributed by atoms with van der Waals surface area (Å²) in [5, 5.41) is 0. The Morgan fingerprint density at radius 2 is 2.06 bits per heavy atom. The Balaban J connectivity index is 2.50. The van der Waals surface area contributed by atoms with Gasteiger partial charge in [-0.3, -0.25) is 0 Å². The second-order valence-electron chi connectivity index (χ2n) is 3.17. The summed E-state index contributed by atoms with van der Waals surface area (Å²) < 4.78 is 15.6. The second-order valence-corrected chi connectivity index (χ2v) is 3.17. The molecule has 0 amide bonds. The number of hydrogen-bond donors (Lipinski definition) is 1. The third-order valence-corrected chi connectivity index (χ3v) is 1.89. The normalized spacial score (nSPS) is 10.1. The molecule has 0 aromatic carbocycles. The average molecular weight is 226 g/mol. The summed E-state index contributed by atoms with van der Waals surface area (Å²) in [5.41, 5.74) is 6.21. The van der Waals surface area contributed by atoms with Gasteiger partial charge >= 0.3 is 0 Å². The SMILES string of the molecule is CCOc1nc(OCCCOC)ccc1N. The van der Waals surface area contributed by atoms with Crippen LogP contribution in [0.2, 0.25) is 0 Å². The number of hydrogen-bond acceptors (Lipinski definition) is 5. The van der Waals surface area contributed by atoms with Crippen molar-refractivity contribution in [3.05, 3.63) is 12.1 Å². The standard InChI is InChI=1S/C11H18N2O3/c1-3-15-11-9(12)5-6-10(13-11)16-8-4-7-14-2/h5-6H,3-4,7-8,12H2,1-2H3. The molecule has 0 aliphatic heterocycles. The lowest BCUT2D eigenvalue weighted by Gasteiger charge is -2.09. The summed E-state index contributed by atoms with van der Waals surface area (Å²) in [5.74, 6) is 0.945. The highest BCUT2D eigenvalue weighted by atomic mass is 16.5. The van der Waals surface area contributed by atoms with E-state index in [1.54, 1.807) is 19.2 Å². The van der Waals surface area contributed by atoms with Crippen LogP contribution in [0.3, 0.4) is 0 Å². The number of pyridine rings is 1. The monoisotopic (exact) mass is 226 g/mol. The molecule has 2 N–H and O–H groups in total. The van der Waals surface area contributed by atoms with E-state index < -0.39 is 0 Å². The third kappa shape index (κ3) is 3.94. The first-order valence-corrected chi connectivity index (χ1v) is 5.29. The van der Waals surface area contributed by atoms with Crippen molar-refractivity contribution in [3.8, 4) is 11.8 Å². The fraction of sp³-hybridized carbons (Fsp3) is 0.545. The smallest absolute Gasteiger partial charge is 0.240 e. The molecule has 1 rings (SSSR count). The Labute approximate surface area is 95.5 Å². The summed E-state index contributed by atoms with van der Waals surface area (Å²) in [6.45, 7) is 3.65. The van der Waals surface area contributed by atoms with E-state index in [0.29, 0.717) is 37.3 Å². The Morgan fingerprint density at radius 3 is 2.75 bits per heavy atom. The Morgan fingerprint density at radius 1 is 1.25 bits per heavy atom. The van der Waals surface area contributed by atoms with Gasteiger partial charge in [-0.1, -0.05) is 0 Å². The Hall–Kier alpha value is -1.49. The summed E-state index contributed by atoms with van der Waals surface area (Å²) in [6.07, 6.45) is 0.826. The van der Waals surface area contributed by atoms with Crippen LogP contribution in [0.15, 0.2) is 12.1 Å². The largest absolute Gasteiger partial charge is 0.477 e. The van der Waals surface area contributed by atoms with Crippen LogP contribution in [0.1, 0.15) is 13.3 Å². The van der Waals surface area contributed by atoms with E-state index in [2.05, 4.69) is 4.98 Å². The van der Waals surface area contributed by atoms with Crippen LogP contribution in [0, 0.1) is 0 Å². The molecular weight excluding hydrogens is 208 g/mol. The fourth-order valence-electron chi connectivity index (χ4n) is 1.15. The zero-order valence-electron chi connectivity index (χ0n) is 9.73. The second kappa shape index (κ2) is 6.90.